The molecule has 0 spiro atoms. The van der Waals surface area contributed by atoms with Gasteiger partial charge in [-0.2, -0.15) is 0 Å². The van der Waals surface area contributed by atoms with E-state index in [1.54, 1.807) is 6.08 Å². The molecule has 5 heteroatoms. The lowest BCUT2D eigenvalue weighted by Gasteiger charge is -2.39. The van der Waals surface area contributed by atoms with Crippen LogP contribution in [-0.2, 0) is 9.53 Å². The number of hydrogen-bond donors (Lipinski definition) is 1. The molecule has 112 valence electrons. The molecule has 21 heavy (non-hydrogen) atoms. The number of rotatable bonds is 3. The van der Waals surface area contributed by atoms with Crippen molar-refractivity contribution in [2.45, 2.75) is 25.3 Å². The highest BCUT2D eigenvalue weighted by Crippen LogP contribution is 2.38. The maximum Gasteiger partial charge on any atom is 0.313 e. The SMILES string of the molecule is C=CCNC(=S)N1c2ccccc2C(C(=O)OC)CC1C. The van der Waals surface area contributed by atoms with Gasteiger partial charge in [0.05, 0.1) is 13.0 Å². The predicted molar refractivity (Wildman–Crippen MR) is 88.6 cm³/mol. The molecule has 1 aromatic carbocycles. The van der Waals surface area contributed by atoms with Gasteiger partial charge in [0.25, 0.3) is 0 Å². The quantitative estimate of drug-likeness (QED) is 0.528. The Balaban J connectivity index is 2.38. The number of nitrogens with one attached hydrogen (secondary N) is 1. The summed E-state index contributed by atoms with van der Waals surface area (Å²) in [4.78, 5) is 14.1. The van der Waals surface area contributed by atoms with Gasteiger partial charge in [-0.1, -0.05) is 24.3 Å². The number of esters is 1. The lowest BCUT2D eigenvalue weighted by Crippen LogP contribution is -2.49. The highest BCUT2D eigenvalue weighted by atomic mass is 32.1. The molecule has 1 N–H and O–H groups in total. The molecule has 0 aliphatic carbocycles. The van der Waals surface area contributed by atoms with E-state index in [0.29, 0.717) is 18.1 Å². The highest BCUT2D eigenvalue weighted by molar-refractivity contribution is 7.80. The first-order chi connectivity index (χ1) is 10.1. The largest absolute Gasteiger partial charge is 0.469 e. The van der Waals surface area contributed by atoms with Crippen molar-refractivity contribution in [2.24, 2.45) is 0 Å². The molecule has 0 aromatic heterocycles. The molecule has 1 heterocycles. The predicted octanol–water partition coefficient (Wildman–Crippen LogP) is 2.60. The second-order valence-corrected chi connectivity index (χ2v) is 5.45. The van der Waals surface area contributed by atoms with Crippen molar-refractivity contribution >= 4 is 29.0 Å². The number of thiocarbonyl (C=S) groups is 1. The Bertz CT molecular complexity index is 559. The van der Waals surface area contributed by atoms with Crippen LogP contribution < -0.4 is 10.2 Å². The third-order valence-corrected chi connectivity index (χ3v) is 4.03. The van der Waals surface area contributed by atoms with Crippen LogP contribution in [0.15, 0.2) is 36.9 Å². The number of carbonyl (C=O) groups excluding carboxylic acids is 1. The molecule has 2 rings (SSSR count). The average Bonchev–Trinajstić information content (AvgIpc) is 2.51. The topological polar surface area (TPSA) is 41.6 Å². The maximum atomic E-state index is 12.0. The van der Waals surface area contributed by atoms with Gasteiger partial charge in [-0.15, -0.1) is 6.58 Å². The van der Waals surface area contributed by atoms with Crippen LogP contribution in [0.1, 0.15) is 24.8 Å². The van der Waals surface area contributed by atoms with Crippen LogP contribution in [-0.4, -0.2) is 30.8 Å². The van der Waals surface area contributed by atoms with Crippen molar-refractivity contribution in [3.05, 3.63) is 42.5 Å². The summed E-state index contributed by atoms with van der Waals surface area (Å²) in [5, 5.41) is 3.81. The zero-order valence-corrected chi connectivity index (χ0v) is 13.2. The fourth-order valence-corrected chi connectivity index (χ4v) is 3.09. The summed E-state index contributed by atoms with van der Waals surface area (Å²) >= 11 is 5.48. The van der Waals surface area contributed by atoms with E-state index in [-0.39, 0.29) is 17.9 Å². The van der Waals surface area contributed by atoms with E-state index in [1.807, 2.05) is 24.3 Å². The molecule has 4 nitrogen and oxygen atoms in total. The van der Waals surface area contributed by atoms with E-state index in [4.69, 9.17) is 17.0 Å². The van der Waals surface area contributed by atoms with Gasteiger partial charge in [-0.3, -0.25) is 4.79 Å². The van der Waals surface area contributed by atoms with E-state index in [9.17, 15) is 4.79 Å². The number of hydrogen-bond acceptors (Lipinski definition) is 3. The maximum absolute atomic E-state index is 12.0. The smallest absolute Gasteiger partial charge is 0.313 e. The number of benzene rings is 1. The van der Waals surface area contributed by atoms with E-state index in [0.717, 1.165) is 11.3 Å². The minimum atomic E-state index is -0.236. The van der Waals surface area contributed by atoms with E-state index >= 15 is 0 Å². The minimum absolute atomic E-state index is 0.119. The summed E-state index contributed by atoms with van der Waals surface area (Å²) in [7, 11) is 1.43. The van der Waals surface area contributed by atoms with Crippen LogP contribution in [0, 0.1) is 0 Å². The molecule has 0 fully saturated rings. The Morgan fingerprint density at radius 2 is 2.29 bits per heavy atom. The van der Waals surface area contributed by atoms with E-state index < -0.39 is 0 Å². The summed E-state index contributed by atoms with van der Waals surface area (Å²) in [6.07, 6.45) is 2.45. The van der Waals surface area contributed by atoms with Gasteiger partial charge >= 0.3 is 5.97 Å². The van der Waals surface area contributed by atoms with Crippen molar-refractivity contribution < 1.29 is 9.53 Å². The molecule has 0 saturated heterocycles. The zero-order valence-electron chi connectivity index (χ0n) is 12.3. The number of carbonyl (C=O) groups is 1. The second-order valence-electron chi connectivity index (χ2n) is 5.06. The number of ether oxygens (including phenoxy) is 1. The minimum Gasteiger partial charge on any atom is -0.469 e. The van der Waals surface area contributed by atoms with Gasteiger partial charge in [0, 0.05) is 18.3 Å². The number of anilines is 1. The van der Waals surface area contributed by atoms with Crippen LogP contribution in [0.3, 0.4) is 0 Å². The van der Waals surface area contributed by atoms with Crippen LogP contribution in [0.2, 0.25) is 0 Å². The van der Waals surface area contributed by atoms with Gasteiger partial charge in [0.1, 0.15) is 0 Å². The van der Waals surface area contributed by atoms with E-state index in [2.05, 4.69) is 23.7 Å². The van der Waals surface area contributed by atoms with Crippen molar-refractivity contribution in [3.8, 4) is 0 Å². The summed E-state index contributed by atoms with van der Waals surface area (Å²) in [5.74, 6) is -0.432. The van der Waals surface area contributed by atoms with Gasteiger partial charge in [0.2, 0.25) is 0 Å². The Hall–Kier alpha value is -1.88. The van der Waals surface area contributed by atoms with Crippen LogP contribution in [0.4, 0.5) is 5.69 Å². The molecular formula is C16H20N2O2S. The van der Waals surface area contributed by atoms with Crippen molar-refractivity contribution in [2.75, 3.05) is 18.6 Å². The molecule has 1 aromatic rings. The monoisotopic (exact) mass is 304 g/mol. The van der Waals surface area contributed by atoms with Crippen molar-refractivity contribution in [1.29, 1.82) is 0 Å². The fourth-order valence-electron chi connectivity index (χ4n) is 2.73. The van der Waals surface area contributed by atoms with Crippen LogP contribution >= 0.6 is 12.2 Å². The molecule has 1 aliphatic rings. The Kier molecular flexibility index (Phi) is 4.96. The van der Waals surface area contributed by atoms with Gasteiger partial charge < -0.3 is 15.0 Å². The van der Waals surface area contributed by atoms with E-state index in [1.165, 1.54) is 7.11 Å². The van der Waals surface area contributed by atoms with Gasteiger partial charge in [-0.25, -0.2) is 0 Å². The third-order valence-electron chi connectivity index (χ3n) is 3.69. The van der Waals surface area contributed by atoms with Crippen molar-refractivity contribution in [1.82, 2.24) is 5.32 Å². The molecule has 0 amide bonds. The molecule has 2 atom stereocenters. The molecule has 2 unspecified atom stereocenters. The Morgan fingerprint density at radius 1 is 1.57 bits per heavy atom. The third kappa shape index (κ3) is 3.08. The number of methoxy groups -OCH3 is 1. The lowest BCUT2D eigenvalue weighted by atomic mass is 9.86. The normalized spacial score (nSPS) is 20.4. The number of para-hydroxylation sites is 1. The molecule has 0 bridgehead atoms. The van der Waals surface area contributed by atoms with Gasteiger partial charge in [0.15, 0.2) is 5.11 Å². The van der Waals surface area contributed by atoms with Crippen molar-refractivity contribution in [3.63, 3.8) is 0 Å². The fraction of sp³-hybridized carbons (Fsp3) is 0.375. The molecule has 0 radical (unpaired) electrons. The Labute approximate surface area is 130 Å². The van der Waals surface area contributed by atoms with Gasteiger partial charge in [-0.05, 0) is 37.2 Å². The first-order valence-corrected chi connectivity index (χ1v) is 7.35. The highest BCUT2D eigenvalue weighted by Gasteiger charge is 2.36. The summed E-state index contributed by atoms with van der Waals surface area (Å²) in [6.45, 7) is 6.36. The first-order valence-electron chi connectivity index (χ1n) is 6.94. The number of fused-ring (bicyclic) bond motifs is 1. The summed E-state index contributed by atoms with van der Waals surface area (Å²) in [5.41, 5.74) is 1.93. The average molecular weight is 304 g/mol. The lowest BCUT2D eigenvalue weighted by molar-refractivity contribution is -0.142. The standard InChI is InChI=1S/C16H20N2O2S/c1-4-9-17-16(21)18-11(2)10-13(15(19)20-3)12-7-5-6-8-14(12)18/h4-8,11,13H,1,9-10H2,2-3H3,(H,17,21). The summed E-state index contributed by atoms with van der Waals surface area (Å²) in [6, 6.07) is 7.96. The van der Waals surface area contributed by atoms with Crippen LogP contribution in [0.25, 0.3) is 0 Å². The summed E-state index contributed by atoms with van der Waals surface area (Å²) < 4.78 is 4.94. The zero-order chi connectivity index (χ0) is 15.4. The second kappa shape index (κ2) is 6.72. The molecule has 1 aliphatic heterocycles. The number of nitrogens with zero attached hydrogens (tertiary/aromatic N) is 1. The molecule has 0 saturated carbocycles. The first kappa shape index (κ1) is 15.5. The Morgan fingerprint density at radius 3 is 2.95 bits per heavy atom. The van der Waals surface area contributed by atoms with Crippen LogP contribution in [0.5, 0.6) is 0 Å². The molecular weight excluding hydrogens is 284 g/mol.